The number of aromatic nitrogens is 2. The molecule has 5 rings (SSSR count). The van der Waals surface area contributed by atoms with Gasteiger partial charge in [0.25, 0.3) is 15.9 Å². The van der Waals surface area contributed by atoms with Gasteiger partial charge in [0, 0.05) is 23.5 Å². The summed E-state index contributed by atoms with van der Waals surface area (Å²) in [5, 5.41) is 3.91. The predicted octanol–water partition coefficient (Wildman–Crippen LogP) is 3.03. The van der Waals surface area contributed by atoms with Crippen molar-refractivity contribution >= 4 is 28.1 Å². The number of sulfonamides is 1. The van der Waals surface area contributed by atoms with Gasteiger partial charge in [0.1, 0.15) is 11.5 Å². The normalized spacial score (nSPS) is 12.6. The number of fused-ring (bicyclic) bond motifs is 1. The number of furan rings is 1. The van der Waals surface area contributed by atoms with E-state index < -0.39 is 15.9 Å². The largest absolute Gasteiger partial charge is 0.455 e. The van der Waals surface area contributed by atoms with Crippen molar-refractivity contribution in [1.82, 2.24) is 15.4 Å². The molecule has 0 fully saturated rings. The Morgan fingerprint density at radius 3 is 2.54 bits per heavy atom. The molecule has 1 amide bonds. The summed E-state index contributed by atoms with van der Waals surface area (Å²) in [5.74, 6) is 1.54. The first-order valence-electron chi connectivity index (χ1n) is 10.2. The Morgan fingerprint density at radius 2 is 1.74 bits per heavy atom. The van der Waals surface area contributed by atoms with E-state index in [-0.39, 0.29) is 17.6 Å². The summed E-state index contributed by atoms with van der Waals surface area (Å²) in [6, 6.07) is 15.9. The van der Waals surface area contributed by atoms with Gasteiger partial charge in [0.05, 0.1) is 11.1 Å². The van der Waals surface area contributed by atoms with Crippen LogP contribution in [0, 0.1) is 0 Å². The van der Waals surface area contributed by atoms with Crippen LogP contribution in [0.2, 0.25) is 0 Å². The monoisotopic (exact) mass is 491 g/mol. The zero-order valence-corrected chi connectivity index (χ0v) is 18.7. The second-order valence-corrected chi connectivity index (χ2v) is 8.85. The standard InChI is InChI=1S/C23H17N5O6S/c29-22(16-4-8-20-21(12-16)33-14-32-20)27-26-13-17-5-9-19(34-17)15-2-6-18(7-3-15)35(30,31)28-23-24-10-1-11-25-23/h1-13H,14H2,(H,27,29)(H,24,25,28)/b26-13+. The van der Waals surface area contributed by atoms with Crippen LogP contribution in [0.5, 0.6) is 11.5 Å². The Kier molecular flexibility index (Phi) is 5.85. The Labute approximate surface area is 199 Å². The molecule has 3 heterocycles. The molecule has 0 radical (unpaired) electrons. The molecule has 1 aliphatic rings. The van der Waals surface area contributed by atoms with E-state index in [4.69, 9.17) is 13.9 Å². The van der Waals surface area contributed by atoms with Crippen LogP contribution >= 0.6 is 0 Å². The van der Waals surface area contributed by atoms with Gasteiger partial charge in [-0.15, -0.1) is 0 Å². The first-order valence-corrected chi connectivity index (χ1v) is 11.7. The molecule has 0 aliphatic carbocycles. The first kappa shape index (κ1) is 22.1. The molecule has 1 aliphatic heterocycles. The van der Waals surface area contributed by atoms with Crippen molar-refractivity contribution in [2.24, 2.45) is 5.10 Å². The van der Waals surface area contributed by atoms with Crippen LogP contribution in [0.25, 0.3) is 11.3 Å². The average Bonchev–Trinajstić information content (AvgIpc) is 3.54. The third-order valence-electron chi connectivity index (χ3n) is 4.86. The number of carbonyl (C=O) groups is 1. The molecule has 0 saturated carbocycles. The molecule has 4 aromatic rings. The van der Waals surface area contributed by atoms with Gasteiger partial charge in [0.2, 0.25) is 12.7 Å². The summed E-state index contributed by atoms with van der Waals surface area (Å²) >= 11 is 0. The number of hydrogen-bond donors (Lipinski definition) is 2. The Hall–Kier alpha value is -4.71. The maximum Gasteiger partial charge on any atom is 0.271 e. The van der Waals surface area contributed by atoms with Crippen LogP contribution in [0.1, 0.15) is 16.1 Å². The molecule has 0 saturated heterocycles. The van der Waals surface area contributed by atoms with Gasteiger partial charge in [-0.2, -0.15) is 5.10 Å². The van der Waals surface area contributed by atoms with Crippen LogP contribution in [0.15, 0.2) is 87.5 Å². The smallest absolute Gasteiger partial charge is 0.271 e. The number of carbonyl (C=O) groups excluding carboxylic acids is 1. The molecule has 35 heavy (non-hydrogen) atoms. The Balaban J connectivity index is 1.22. The van der Waals surface area contributed by atoms with Crippen LogP contribution in [-0.4, -0.2) is 37.3 Å². The van der Waals surface area contributed by atoms with E-state index in [9.17, 15) is 13.2 Å². The second-order valence-electron chi connectivity index (χ2n) is 7.17. The zero-order valence-electron chi connectivity index (χ0n) is 17.9. The molecule has 2 aromatic carbocycles. The molecule has 176 valence electrons. The molecule has 0 unspecified atom stereocenters. The number of hydrazone groups is 1. The molecule has 12 heteroatoms. The second kappa shape index (κ2) is 9.27. The van der Waals surface area contributed by atoms with E-state index >= 15 is 0 Å². The van der Waals surface area contributed by atoms with Crippen molar-refractivity contribution in [2.75, 3.05) is 11.5 Å². The van der Waals surface area contributed by atoms with Crippen molar-refractivity contribution in [1.29, 1.82) is 0 Å². The van der Waals surface area contributed by atoms with Crippen LogP contribution in [0.3, 0.4) is 0 Å². The number of nitrogens with zero attached hydrogens (tertiary/aromatic N) is 3. The first-order chi connectivity index (χ1) is 17.0. The van der Waals surface area contributed by atoms with Gasteiger partial charge < -0.3 is 13.9 Å². The highest BCUT2D eigenvalue weighted by Gasteiger charge is 2.17. The minimum atomic E-state index is -3.84. The Bertz CT molecular complexity index is 1500. The number of ether oxygens (including phenoxy) is 2. The fraction of sp³-hybridized carbons (Fsp3) is 0.0435. The quantitative estimate of drug-likeness (QED) is 0.296. The van der Waals surface area contributed by atoms with Crippen LogP contribution < -0.4 is 19.6 Å². The van der Waals surface area contributed by atoms with E-state index in [1.807, 2.05) is 0 Å². The molecule has 0 atom stereocenters. The summed E-state index contributed by atoms with van der Waals surface area (Å²) in [6.07, 6.45) is 4.24. The van der Waals surface area contributed by atoms with Gasteiger partial charge in [-0.25, -0.2) is 28.5 Å². The molecule has 11 nitrogen and oxygen atoms in total. The van der Waals surface area contributed by atoms with Crippen molar-refractivity contribution in [3.05, 3.63) is 84.4 Å². The summed E-state index contributed by atoms with van der Waals surface area (Å²) in [7, 11) is -3.84. The number of nitrogens with one attached hydrogen (secondary N) is 2. The Morgan fingerprint density at radius 1 is 0.971 bits per heavy atom. The summed E-state index contributed by atoms with van der Waals surface area (Å²) < 4.78 is 43.5. The van der Waals surface area contributed by atoms with Crippen molar-refractivity contribution in [3.63, 3.8) is 0 Å². The minimum absolute atomic E-state index is 0.0165. The van der Waals surface area contributed by atoms with Crippen molar-refractivity contribution in [2.45, 2.75) is 4.90 Å². The van der Waals surface area contributed by atoms with Crippen LogP contribution in [0.4, 0.5) is 5.95 Å². The maximum atomic E-state index is 12.5. The van der Waals surface area contributed by atoms with Gasteiger partial charge >= 0.3 is 0 Å². The highest BCUT2D eigenvalue weighted by atomic mass is 32.2. The highest BCUT2D eigenvalue weighted by Crippen LogP contribution is 2.32. The van der Waals surface area contributed by atoms with Crippen LogP contribution in [-0.2, 0) is 10.0 Å². The lowest BCUT2D eigenvalue weighted by molar-refractivity contribution is 0.0954. The molecule has 2 N–H and O–H groups in total. The SMILES string of the molecule is O=C(N/N=C/c1ccc(-c2ccc(S(=O)(=O)Nc3ncccn3)cc2)o1)c1ccc2c(c1)OCO2. The van der Waals surface area contributed by atoms with E-state index in [2.05, 4.69) is 25.2 Å². The van der Waals surface area contributed by atoms with E-state index in [1.54, 1.807) is 48.5 Å². The zero-order chi connectivity index (χ0) is 24.3. The van der Waals surface area contributed by atoms with Gasteiger partial charge in [0.15, 0.2) is 11.5 Å². The molecular formula is C23H17N5O6S. The topological polar surface area (TPSA) is 145 Å². The van der Waals surface area contributed by atoms with Gasteiger partial charge in [-0.1, -0.05) is 0 Å². The fourth-order valence-electron chi connectivity index (χ4n) is 3.16. The summed E-state index contributed by atoms with van der Waals surface area (Å²) in [6.45, 7) is 0.122. The van der Waals surface area contributed by atoms with Gasteiger partial charge in [-0.05, 0) is 60.7 Å². The third-order valence-corrected chi connectivity index (χ3v) is 6.20. The molecular weight excluding hydrogens is 474 g/mol. The summed E-state index contributed by atoms with van der Waals surface area (Å²) in [4.78, 5) is 20.0. The van der Waals surface area contributed by atoms with E-state index in [0.717, 1.165) is 0 Å². The number of hydrogen-bond acceptors (Lipinski definition) is 9. The lowest BCUT2D eigenvalue weighted by atomic mass is 10.2. The van der Waals surface area contributed by atoms with Gasteiger partial charge in [-0.3, -0.25) is 4.79 Å². The van der Waals surface area contributed by atoms with Crippen molar-refractivity contribution in [3.8, 4) is 22.8 Å². The third kappa shape index (κ3) is 4.96. The van der Waals surface area contributed by atoms with Crippen molar-refractivity contribution < 1.29 is 27.1 Å². The number of amides is 1. The average molecular weight is 491 g/mol. The number of rotatable bonds is 7. The minimum Gasteiger partial charge on any atom is -0.455 e. The number of benzene rings is 2. The molecule has 0 bridgehead atoms. The molecule has 0 spiro atoms. The predicted molar refractivity (Wildman–Crippen MR) is 125 cm³/mol. The summed E-state index contributed by atoms with van der Waals surface area (Å²) in [5.41, 5.74) is 3.45. The molecule has 2 aromatic heterocycles. The lowest BCUT2D eigenvalue weighted by Crippen LogP contribution is -2.17. The lowest BCUT2D eigenvalue weighted by Gasteiger charge is -2.06. The maximum absolute atomic E-state index is 12.5. The fourth-order valence-corrected chi connectivity index (χ4v) is 4.12. The number of anilines is 1. The highest BCUT2D eigenvalue weighted by molar-refractivity contribution is 7.92. The van der Waals surface area contributed by atoms with E-state index in [1.165, 1.54) is 30.7 Å². The van der Waals surface area contributed by atoms with E-state index in [0.29, 0.717) is 34.1 Å².